The van der Waals surface area contributed by atoms with Crippen LogP contribution in [0.2, 0.25) is 0 Å². The highest BCUT2D eigenvalue weighted by Crippen LogP contribution is 2.53. The second-order valence-corrected chi connectivity index (χ2v) is 9.66. The van der Waals surface area contributed by atoms with Crippen LogP contribution in [0.5, 0.6) is 0 Å². The van der Waals surface area contributed by atoms with Crippen LogP contribution in [0.15, 0.2) is 0 Å². The molecule has 2 bridgehead atoms. The van der Waals surface area contributed by atoms with Crippen LogP contribution in [0.3, 0.4) is 0 Å². The fourth-order valence-electron chi connectivity index (χ4n) is 4.21. The lowest BCUT2D eigenvalue weighted by molar-refractivity contribution is -0.163. The quantitative estimate of drug-likeness (QED) is 0.331. The van der Waals surface area contributed by atoms with Gasteiger partial charge < -0.3 is 15.2 Å². The molecule has 1 saturated heterocycles. The molecule has 1 aliphatic heterocycles. The zero-order valence-electron chi connectivity index (χ0n) is 12.4. The van der Waals surface area contributed by atoms with Crippen molar-refractivity contribution in [2.24, 2.45) is 17.8 Å². The Balaban J connectivity index is 1.74. The van der Waals surface area contributed by atoms with E-state index >= 15 is 0 Å². The number of esters is 1. The van der Waals surface area contributed by atoms with Crippen molar-refractivity contribution in [1.29, 1.82) is 0 Å². The highest BCUT2D eigenvalue weighted by molar-refractivity contribution is 14.1. The molecule has 3 aliphatic rings. The first-order valence-electron chi connectivity index (χ1n) is 7.57. The zero-order chi connectivity index (χ0) is 14.7. The van der Waals surface area contributed by atoms with Crippen LogP contribution in [-0.4, -0.2) is 38.8 Å². The van der Waals surface area contributed by atoms with Crippen LogP contribution in [0, 0.1) is 17.8 Å². The first kappa shape index (κ1) is 15.0. The van der Waals surface area contributed by atoms with Crippen molar-refractivity contribution in [3.8, 4) is 0 Å². The molecule has 6 unspecified atom stereocenters. The molecule has 0 radical (unpaired) electrons. The van der Waals surface area contributed by atoms with Crippen molar-refractivity contribution in [3.63, 3.8) is 0 Å². The number of ether oxygens (including phenoxy) is 1. The molecule has 0 amide bonds. The summed E-state index contributed by atoms with van der Waals surface area (Å²) in [5.74, 6) is 0.918. The number of nitrogens with one attached hydrogen (secondary N) is 1. The van der Waals surface area contributed by atoms with Crippen LogP contribution >= 0.6 is 22.6 Å². The van der Waals surface area contributed by atoms with Crippen LogP contribution in [0.1, 0.15) is 40.0 Å². The molecule has 6 atom stereocenters. The molecule has 0 aromatic carbocycles. The number of aliphatic hydroxyl groups is 1. The molecule has 0 aromatic rings. The predicted octanol–water partition coefficient (Wildman–Crippen LogP) is 1.88. The lowest BCUT2D eigenvalue weighted by Gasteiger charge is -2.39. The summed E-state index contributed by atoms with van der Waals surface area (Å²) in [7, 11) is 0. The molecule has 20 heavy (non-hydrogen) atoms. The molecule has 4 nitrogen and oxygen atoms in total. The van der Waals surface area contributed by atoms with Gasteiger partial charge in [0.2, 0.25) is 0 Å². The van der Waals surface area contributed by atoms with Gasteiger partial charge in [-0.15, -0.1) is 0 Å². The molecule has 1 heterocycles. The average Bonchev–Trinajstić information content (AvgIpc) is 3.01. The van der Waals surface area contributed by atoms with E-state index in [2.05, 4.69) is 27.9 Å². The molecule has 0 aromatic heterocycles. The summed E-state index contributed by atoms with van der Waals surface area (Å²) in [6.45, 7) is 6.53. The Morgan fingerprint density at radius 2 is 1.90 bits per heavy atom. The number of halogens is 1. The lowest BCUT2D eigenvalue weighted by atomic mass is 9.76. The standard InChI is InChI=1S/C15H24INO3/c1-14(2,19)11-8-4-5-9(6-8)12(11)20-13(18)15(3,16)10-7-17-10/h8-12,17,19H,4-7H2,1-3H3. The summed E-state index contributed by atoms with van der Waals surface area (Å²) in [5, 5.41) is 13.6. The van der Waals surface area contributed by atoms with E-state index in [9.17, 15) is 9.90 Å². The first-order valence-corrected chi connectivity index (χ1v) is 8.65. The normalized spacial score (nSPS) is 42.4. The van der Waals surface area contributed by atoms with Gasteiger partial charge in [-0.3, -0.25) is 4.79 Å². The lowest BCUT2D eigenvalue weighted by Crippen LogP contribution is -2.48. The summed E-state index contributed by atoms with van der Waals surface area (Å²) in [6.07, 6.45) is 3.30. The van der Waals surface area contributed by atoms with E-state index in [0.717, 1.165) is 19.4 Å². The van der Waals surface area contributed by atoms with E-state index in [1.165, 1.54) is 6.42 Å². The van der Waals surface area contributed by atoms with Gasteiger partial charge in [0.15, 0.2) is 0 Å². The van der Waals surface area contributed by atoms with Crippen LogP contribution < -0.4 is 5.32 Å². The van der Waals surface area contributed by atoms with Crippen molar-refractivity contribution in [2.45, 2.75) is 61.2 Å². The average molecular weight is 393 g/mol. The second-order valence-electron chi connectivity index (χ2n) is 7.42. The van der Waals surface area contributed by atoms with E-state index in [1.54, 1.807) is 0 Å². The Kier molecular flexibility index (Phi) is 3.62. The van der Waals surface area contributed by atoms with E-state index in [0.29, 0.717) is 11.8 Å². The van der Waals surface area contributed by atoms with Crippen LogP contribution in [0.25, 0.3) is 0 Å². The van der Waals surface area contributed by atoms with Gasteiger partial charge in [0.25, 0.3) is 0 Å². The van der Waals surface area contributed by atoms with E-state index in [1.807, 2.05) is 20.8 Å². The number of carbonyl (C=O) groups is 1. The van der Waals surface area contributed by atoms with Crippen molar-refractivity contribution < 1.29 is 14.6 Å². The van der Waals surface area contributed by atoms with Crippen molar-refractivity contribution in [2.75, 3.05) is 6.54 Å². The molecule has 0 spiro atoms. The van der Waals surface area contributed by atoms with Gasteiger partial charge in [0.05, 0.1) is 5.60 Å². The van der Waals surface area contributed by atoms with E-state index in [4.69, 9.17) is 4.74 Å². The fourth-order valence-corrected chi connectivity index (χ4v) is 4.78. The Bertz CT molecular complexity index is 414. The Morgan fingerprint density at radius 3 is 2.45 bits per heavy atom. The van der Waals surface area contributed by atoms with Gasteiger partial charge in [-0.1, -0.05) is 22.6 Å². The van der Waals surface area contributed by atoms with Crippen LogP contribution in [-0.2, 0) is 9.53 Å². The molecule has 5 heteroatoms. The third-order valence-electron chi connectivity index (χ3n) is 5.36. The molecule has 3 rings (SSSR count). The Labute approximate surface area is 134 Å². The molecule has 2 saturated carbocycles. The molecular formula is C15H24INO3. The largest absolute Gasteiger partial charge is 0.461 e. The van der Waals surface area contributed by atoms with Crippen molar-refractivity contribution in [3.05, 3.63) is 0 Å². The Hall–Kier alpha value is 0.120. The summed E-state index contributed by atoms with van der Waals surface area (Å²) >= 11 is 2.20. The number of rotatable bonds is 4. The molecule has 3 fully saturated rings. The maximum absolute atomic E-state index is 12.5. The van der Waals surface area contributed by atoms with Crippen molar-refractivity contribution >= 4 is 28.6 Å². The minimum Gasteiger partial charge on any atom is -0.461 e. The minimum atomic E-state index is -0.774. The predicted molar refractivity (Wildman–Crippen MR) is 84.7 cm³/mol. The summed E-state index contributed by atoms with van der Waals surface area (Å²) in [6, 6.07) is 0.231. The molecular weight excluding hydrogens is 369 g/mol. The maximum atomic E-state index is 12.5. The highest BCUT2D eigenvalue weighted by atomic mass is 127. The van der Waals surface area contributed by atoms with E-state index < -0.39 is 9.02 Å². The van der Waals surface area contributed by atoms with Crippen LogP contribution in [0.4, 0.5) is 0 Å². The van der Waals surface area contributed by atoms with Gasteiger partial charge in [-0.2, -0.15) is 0 Å². The SMILES string of the molecule is CC(C)(O)C1C2CCC(C2)C1OC(=O)C(C)(I)C1CN1. The fraction of sp³-hybridized carbons (Fsp3) is 0.933. The topological polar surface area (TPSA) is 68.5 Å². The van der Waals surface area contributed by atoms with Gasteiger partial charge >= 0.3 is 5.97 Å². The Morgan fingerprint density at radius 1 is 1.30 bits per heavy atom. The first-order chi connectivity index (χ1) is 9.21. The van der Waals surface area contributed by atoms with Gasteiger partial charge in [-0.05, 0) is 51.9 Å². The van der Waals surface area contributed by atoms with Gasteiger partial charge in [-0.25, -0.2) is 0 Å². The van der Waals surface area contributed by atoms with Crippen molar-refractivity contribution in [1.82, 2.24) is 5.32 Å². The van der Waals surface area contributed by atoms with Gasteiger partial charge in [0.1, 0.15) is 9.53 Å². The zero-order valence-corrected chi connectivity index (χ0v) is 14.5. The van der Waals surface area contributed by atoms with E-state index in [-0.39, 0.29) is 24.0 Å². The number of alkyl halides is 1. The number of hydrogen-bond acceptors (Lipinski definition) is 4. The maximum Gasteiger partial charge on any atom is 0.323 e. The molecule has 114 valence electrons. The third-order valence-corrected chi connectivity index (χ3v) is 6.55. The van der Waals surface area contributed by atoms with Gasteiger partial charge in [0, 0.05) is 18.5 Å². The third kappa shape index (κ3) is 2.50. The second kappa shape index (κ2) is 4.81. The number of hydrogen-bond donors (Lipinski definition) is 2. The monoisotopic (exact) mass is 393 g/mol. The molecule has 2 N–H and O–H groups in total. The highest BCUT2D eigenvalue weighted by Gasteiger charge is 2.56. The minimum absolute atomic E-state index is 0.0876. The number of fused-ring (bicyclic) bond motifs is 2. The number of carbonyl (C=O) groups excluding carboxylic acids is 1. The summed E-state index contributed by atoms with van der Waals surface area (Å²) < 4.78 is 5.41. The summed E-state index contributed by atoms with van der Waals surface area (Å²) in [4.78, 5) is 12.5. The molecule has 2 aliphatic carbocycles. The summed E-state index contributed by atoms with van der Waals surface area (Å²) in [5.41, 5.74) is -0.774. The smallest absolute Gasteiger partial charge is 0.323 e.